The van der Waals surface area contributed by atoms with Crippen molar-refractivity contribution in [1.82, 2.24) is 0 Å². The lowest BCUT2D eigenvalue weighted by Gasteiger charge is -2.08. The molecule has 7 heteroatoms. The highest BCUT2D eigenvalue weighted by Crippen LogP contribution is 2.24. The van der Waals surface area contributed by atoms with E-state index in [0.29, 0.717) is 5.39 Å². The minimum Gasteiger partial charge on any atom is -0.293 e. The maximum absolute atomic E-state index is 12.7. The van der Waals surface area contributed by atoms with Crippen molar-refractivity contribution in [1.29, 1.82) is 0 Å². The fraction of sp³-hybridized carbons (Fsp3) is 0.0556. The third-order valence-electron chi connectivity index (χ3n) is 3.81. The van der Waals surface area contributed by atoms with Crippen LogP contribution in [0, 0.1) is 10.1 Å². The number of carbonyl (C=O) groups excluding carboxylic acids is 1. The van der Waals surface area contributed by atoms with Crippen molar-refractivity contribution in [3.63, 3.8) is 0 Å². The van der Waals surface area contributed by atoms with Crippen LogP contribution in [0.1, 0.15) is 10.4 Å². The van der Waals surface area contributed by atoms with Crippen molar-refractivity contribution < 1.29 is 18.1 Å². The maximum atomic E-state index is 12.7. The van der Waals surface area contributed by atoms with Crippen molar-refractivity contribution in [3.8, 4) is 0 Å². The summed E-state index contributed by atoms with van der Waals surface area (Å²) in [7, 11) is -3.84. The molecule has 25 heavy (non-hydrogen) atoms. The lowest BCUT2D eigenvalue weighted by molar-refractivity contribution is -0.384. The summed E-state index contributed by atoms with van der Waals surface area (Å²) in [6.07, 6.45) is 0. The Morgan fingerprint density at radius 1 is 0.920 bits per heavy atom. The molecule has 0 fully saturated rings. The van der Waals surface area contributed by atoms with E-state index in [-0.39, 0.29) is 16.1 Å². The van der Waals surface area contributed by atoms with Gasteiger partial charge < -0.3 is 0 Å². The van der Waals surface area contributed by atoms with E-state index in [9.17, 15) is 23.3 Å². The van der Waals surface area contributed by atoms with Gasteiger partial charge in [-0.05, 0) is 23.6 Å². The van der Waals surface area contributed by atoms with Crippen LogP contribution >= 0.6 is 0 Å². The highest BCUT2D eigenvalue weighted by atomic mass is 32.2. The van der Waals surface area contributed by atoms with Gasteiger partial charge in [0.05, 0.1) is 9.82 Å². The van der Waals surface area contributed by atoms with Crippen LogP contribution in [0.3, 0.4) is 0 Å². The number of ketones is 1. The summed E-state index contributed by atoms with van der Waals surface area (Å²) in [5.41, 5.74) is -0.0390. The number of nitro benzene ring substituents is 1. The Bertz CT molecular complexity index is 1070. The smallest absolute Gasteiger partial charge is 0.269 e. The number of rotatable bonds is 5. The predicted octanol–water partition coefficient (Wildman–Crippen LogP) is 3.40. The summed E-state index contributed by atoms with van der Waals surface area (Å²) < 4.78 is 25.4. The van der Waals surface area contributed by atoms with Gasteiger partial charge in [0.25, 0.3) is 5.69 Å². The van der Waals surface area contributed by atoms with Crippen molar-refractivity contribution in [2.24, 2.45) is 0 Å². The Morgan fingerprint density at radius 2 is 1.56 bits per heavy atom. The average Bonchev–Trinajstić information content (AvgIpc) is 2.61. The van der Waals surface area contributed by atoms with Crippen molar-refractivity contribution in [2.45, 2.75) is 4.90 Å². The number of hydrogen-bond acceptors (Lipinski definition) is 5. The molecule has 0 radical (unpaired) electrons. The summed E-state index contributed by atoms with van der Waals surface area (Å²) in [6, 6.07) is 16.8. The van der Waals surface area contributed by atoms with E-state index in [1.54, 1.807) is 36.4 Å². The lowest BCUT2D eigenvalue weighted by Crippen LogP contribution is -2.16. The Kier molecular flexibility index (Phi) is 4.33. The fourth-order valence-electron chi connectivity index (χ4n) is 2.57. The van der Waals surface area contributed by atoms with Gasteiger partial charge in [-0.25, -0.2) is 8.42 Å². The molecule has 0 unspecified atom stereocenters. The summed E-state index contributed by atoms with van der Waals surface area (Å²) in [5, 5.41) is 12.0. The first-order valence-electron chi connectivity index (χ1n) is 7.37. The monoisotopic (exact) mass is 355 g/mol. The average molecular weight is 355 g/mol. The molecule has 0 aliphatic heterocycles. The number of nitrogens with zero attached hydrogens (tertiary/aromatic N) is 1. The molecule has 0 N–H and O–H groups in total. The van der Waals surface area contributed by atoms with Gasteiger partial charge in [0.2, 0.25) is 0 Å². The molecule has 6 nitrogen and oxygen atoms in total. The molecule has 3 rings (SSSR count). The molecule has 0 saturated heterocycles. The first-order chi connectivity index (χ1) is 11.9. The third-order valence-corrected chi connectivity index (χ3v) is 5.47. The minimum absolute atomic E-state index is 0.0980. The fourth-order valence-corrected chi connectivity index (χ4v) is 4.04. The van der Waals surface area contributed by atoms with Crippen molar-refractivity contribution in [3.05, 3.63) is 82.4 Å². The number of nitro groups is 1. The molecule has 0 heterocycles. The Labute approximate surface area is 143 Å². The van der Waals surface area contributed by atoms with Crippen molar-refractivity contribution >= 4 is 32.1 Å². The van der Waals surface area contributed by atoms with Gasteiger partial charge in [-0.1, -0.05) is 36.4 Å². The molecular weight excluding hydrogens is 342 g/mol. The van der Waals surface area contributed by atoms with Gasteiger partial charge in [0, 0.05) is 23.1 Å². The van der Waals surface area contributed by atoms with Crippen LogP contribution in [0.25, 0.3) is 10.8 Å². The number of carbonyl (C=O) groups is 1. The third kappa shape index (κ3) is 3.41. The van der Waals surface area contributed by atoms with Gasteiger partial charge in [-0.3, -0.25) is 14.9 Å². The molecule has 3 aromatic rings. The second-order valence-corrected chi connectivity index (χ2v) is 7.42. The van der Waals surface area contributed by atoms with Gasteiger partial charge in [0.15, 0.2) is 15.6 Å². The van der Waals surface area contributed by atoms with E-state index < -0.39 is 26.3 Å². The molecule has 0 atom stereocenters. The number of hydrogen-bond donors (Lipinski definition) is 0. The normalized spacial score (nSPS) is 11.4. The Morgan fingerprint density at radius 3 is 2.24 bits per heavy atom. The zero-order valence-corrected chi connectivity index (χ0v) is 13.8. The van der Waals surface area contributed by atoms with E-state index in [2.05, 4.69) is 0 Å². The Hall–Kier alpha value is -3.06. The van der Waals surface area contributed by atoms with Gasteiger partial charge >= 0.3 is 0 Å². The summed E-state index contributed by atoms with van der Waals surface area (Å²) in [4.78, 5) is 22.5. The minimum atomic E-state index is -3.84. The van der Waals surface area contributed by atoms with Crippen LogP contribution in [0.2, 0.25) is 0 Å². The van der Waals surface area contributed by atoms with Gasteiger partial charge in [-0.15, -0.1) is 0 Å². The summed E-state index contributed by atoms with van der Waals surface area (Å²) in [6.45, 7) is 0. The molecular formula is C18H13NO5S. The van der Waals surface area contributed by atoms with E-state index in [1.165, 1.54) is 30.3 Å². The largest absolute Gasteiger partial charge is 0.293 e. The summed E-state index contributed by atoms with van der Waals surface area (Å²) >= 11 is 0. The maximum Gasteiger partial charge on any atom is 0.269 e. The molecule has 0 aliphatic carbocycles. The van der Waals surface area contributed by atoms with Crippen LogP contribution in [-0.4, -0.2) is 24.9 Å². The van der Waals surface area contributed by atoms with E-state index in [4.69, 9.17) is 0 Å². The van der Waals surface area contributed by atoms with E-state index >= 15 is 0 Å². The zero-order valence-electron chi connectivity index (χ0n) is 13.0. The number of benzene rings is 3. The van der Waals surface area contributed by atoms with Gasteiger partial charge in [-0.2, -0.15) is 0 Å². The molecule has 0 aliphatic rings. The quantitative estimate of drug-likeness (QED) is 0.397. The predicted molar refractivity (Wildman–Crippen MR) is 93.4 cm³/mol. The van der Waals surface area contributed by atoms with Crippen LogP contribution in [0.15, 0.2) is 71.6 Å². The molecule has 0 bridgehead atoms. The second kappa shape index (κ2) is 6.45. The van der Waals surface area contributed by atoms with Crippen LogP contribution in [-0.2, 0) is 9.84 Å². The highest BCUT2D eigenvalue weighted by Gasteiger charge is 2.22. The molecule has 126 valence electrons. The van der Waals surface area contributed by atoms with Crippen LogP contribution in [0.5, 0.6) is 0 Å². The molecule has 0 aromatic heterocycles. The molecule has 0 amide bonds. The van der Waals surface area contributed by atoms with Crippen molar-refractivity contribution in [2.75, 3.05) is 5.75 Å². The second-order valence-electron chi connectivity index (χ2n) is 5.46. The first-order valence-corrected chi connectivity index (χ1v) is 9.02. The van der Waals surface area contributed by atoms with Crippen LogP contribution < -0.4 is 0 Å². The first kappa shape index (κ1) is 16.8. The SMILES string of the molecule is O=C(CS(=O)(=O)c1cccc2ccccc12)c1ccc([N+](=O)[O-])cc1. The van der Waals surface area contributed by atoms with E-state index in [1.807, 2.05) is 0 Å². The number of fused-ring (bicyclic) bond motifs is 1. The van der Waals surface area contributed by atoms with Gasteiger partial charge in [0.1, 0.15) is 5.75 Å². The standard InChI is InChI=1S/C18H13NO5S/c20-17(14-8-10-15(11-9-14)19(21)22)12-25(23,24)18-7-3-5-13-4-1-2-6-16(13)18/h1-11H,12H2. The molecule has 3 aromatic carbocycles. The lowest BCUT2D eigenvalue weighted by atomic mass is 10.1. The molecule has 0 saturated carbocycles. The number of sulfone groups is 1. The highest BCUT2D eigenvalue weighted by molar-refractivity contribution is 7.92. The van der Waals surface area contributed by atoms with E-state index in [0.717, 1.165) is 5.39 Å². The number of Topliss-reactive ketones (excluding diaryl/α,β-unsaturated/α-hetero) is 1. The zero-order chi connectivity index (χ0) is 18.0. The number of non-ortho nitro benzene ring substituents is 1. The topological polar surface area (TPSA) is 94.3 Å². The van der Waals surface area contributed by atoms with Crippen LogP contribution in [0.4, 0.5) is 5.69 Å². The molecule has 0 spiro atoms. The summed E-state index contributed by atoms with van der Waals surface area (Å²) in [5.74, 6) is -1.30. The Balaban J connectivity index is 1.92.